The molecule has 112 valence electrons. The Morgan fingerprint density at radius 1 is 1.05 bits per heavy atom. The van der Waals surface area contributed by atoms with Gasteiger partial charge in [0.05, 0.1) is 0 Å². The van der Waals surface area contributed by atoms with Crippen molar-refractivity contribution in [1.29, 1.82) is 0 Å². The molecule has 1 N–H and O–H groups in total. The first kappa shape index (κ1) is 13.9. The first-order chi connectivity index (χ1) is 9.70. The molecule has 0 unspecified atom stereocenters. The summed E-state index contributed by atoms with van der Waals surface area (Å²) in [5, 5.41) is 3.04. The van der Waals surface area contributed by atoms with Gasteiger partial charge in [0.25, 0.3) is 0 Å². The first-order valence-corrected chi connectivity index (χ1v) is 8.30. The SMILES string of the molecule is O=C1CCN(CC2CCCCC2)C(=O)C2(CCCC2)N1. The van der Waals surface area contributed by atoms with E-state index in [2.05, 4.69) is 5.32 Å². The van der Waals surface area contributed by atoms with Gasteiger partial charge in [-0.1, -0.05) is 32.1 Å². The molecule has 0 aromatic heterocycles. The van der Waals surface area contributed by atoms with Gasteiger partial charge in [0.1, 0.15) is 5.54 Å². The second kappa shape index (κ2) is 5.74. The lowest BCUT2D eigenvalue weighted by Crippen LogP contribution is -2.56. The molecule has 0 aromatic rings. The molecule has 1 aliphatic heterocycles. The second-order valence-electron chi connectivity index (χ2n) is 6.84. The smallest absolute Gasteiger partial charge is 0.248 e. The number of amides is 2. The minimum absolute atomic E-state index is 0.0615. The Morgan fingerprint density at radius 3 is 2.45 bits per heavy atom. The fourth-order valence-corrected chi connectivity index (χ4v) is 4.20. The highest BCUT2D eigenvalue weighted by Crippen LogP contribution is 2.34. The zero-order valence-corrected chi connectivity index (χ0v) is 12.3. The van der Waals surface area contributed by atoms with E-state index in [1.807, 2.05) is 4.90 Å². The van der Waals surface area contributed by atoms with Gasteiger partial charge in [0, 0.05) is 19.5 Å². The number of hydrogen-bond acceptors (Lipinski definition) is 2. The topological polar surface area (TPSA) is 49.4 Å². The van der Waals surface area contributed by atoms with Crippen LogP contribution in [0.5, 0.6) is 0 Å². The predicted octanol–water partition coefficient (Wildman–Crippen LogP) is 2.23. The van der Waals surface area contributed by atoms with Crippen LogP contribution in [0.2, 0.25) is 0 Å². The molecule has 2 saturated carbocycles. The maximum atomic E-state index is 12.9. The lowest BCUT2D eigenvalue weighted by atomic mass is 9.88. The van der Waals surface area contributed by atoms with Crippen LogP contribution in [0.3, 0.4) is 0 Å². The van der Waals surface area contributed by atoms with E-state index in [-0.39, 0.29) is 11.8 Å². The second-order valence-corrected chi connectivity index (χ2v) is 6.84. The van der Waals surface area contributed by atoms with Crippen molar-refractivity contribution in [2.45, 2.75) is 69.7 Å². The van der Waals surface area contributed by atoms with Gasteiger partial charge in [-0.2, -0.15) is 0 Å². The summed E-state index contributed by atoms with van der Waals surface area (Å²) in [5.41, 5.74) is -0.553. The third-order valence-electron chi connectivity index (χ3n) is 5.34. The minimum Gasteiger partial charge on any atom is -0.342 e. The average Bonchev–Trinajstić information content (AvgIpc) is 2.89. The number of carbonyl (C=O) groups is 2. The summed E-state index contributed by atoms with van der Waals surface area (Å²) in [4.78, 5) is 26.8. The molecule has 4 nitrogen and oxygen atoms in total. The van der Waals surface area contributed by atoms with Gasteiger partial charge in [-0.25, -0.2) is 0 Å². The van der Waals surface area contributed by atoms with Crippen LogP contribution < -0.4 is 5.32 Å². The van der Waals surface area contributed by atoms with Crippen LogP contribution in [0.25, 0.3) is 0 Å². The van der Waals surface area contributed by atoms with Gasteiger partial charge in [0.2, 0.25) is 11.8 Å². The van der Waals surface area contributed by atoms with Crippen LogP contribution in [0, 0.1) is 5.92 Å². The number of nitrogens with one attached hydrogen (secondary N) is 1. The van der Waals surface area contributed by atoms with Crippen molar-refractivity contribution < 1.29 is 9.59 Å². The molecule has 0 bridgehead atoms. The number of hydrogen-bond donors (Lipinski definition) is 1. The molecule has 2 aliphatic carbocycles. The highest BCUT2D eigenvalue weighted by atomic mass is 16.2. The summed E-state index contributed by atoms with van der Waals surface area (Å²) in [6.45, 7) is 1.48. The number of rotatable bonds is 2. The van der Waals surface area contributed by atoms with Crippen LogP contribution in [-0.2, 0) is 9.59 Å². The van der Waals surface area contributed by atoms with Crippen LogP contribution >= 0.6 is 0 Å². The van der Waals surface area contributed by atoms with Gasteiger partial charge < -0.3 is 10.2 Å². The largest absolute Gasteiger partial charge is 0.342 e. The van der Waals surface area contributed by atoms with Gasteiger partial charge in [-0.15, -0.1) is 0 Å². The lowest BCUT2D eigenvalue weighted by molar-refractivity contribution is -0.139. The molecule has 0 aromatic carbocycles. The molecule has 2 amide bonds. The molecule has 0 radical (unpaired) electrons. The Morgan fingerprint density at radius 2 is 1.75 bits per heavy atom. The summed E-state index contributed by atoms with van der Waals surface area (Å²) in [6.07, 6.45) is 10.7. The normalized spacial score (nSPS) is 27.7. The number of carbonyl (C=O) groups excluding carboxylic acids is 2. The maximum Gasteiger partial charge on any atom is 0.248 e. The monoisotopic (exact) mass is 278 g/mol. The highest BCUT2D eigenvalue weighted by molar-refractivity contribution is 5.93. The maximum absolute atomic E-state index is 12.9. The Balaban J connectivity index is 1.72. The molecule has 0 atom stereocenters. The average molecular weight is 278 g/mol. The minimum atomic E-state index is -0.553. The van der Waals surface area contributed by atoms with Gasteiger partial charge >= 0.3 is 0 Å². The predicted molar refractivity (Wildman–Crippen MR) is 77.1 cm³/mol. The zero-order valence-electron chi connectivity index (χ0n) is 12.3. The Labute approximate surface area is 121 Å². The van der Waals surface area contributed by atoms with Crippen molar-refractivity contribution >= 4 is 11.8 Å². The van der Waals surface area contributed by atoms with Crippen LogP contribution in [0.4, 0.5) is 0 Å². The highest BCUT2D eigenvalue weighted by Gasteiger charge is 2.46. The molecule has 20 heavy (non-hydrogen) atoms. The fraction of sp³-hybridized carbons (Fsp3) is 0.875. The van der Waals surface area contributed by atoms with E-state index in [4.69, 9.17) is 0 Å². The third kappa shape index (κ3) is 2.70. The van der Waals surface area contributed by atoms with E-state index in [1.165, 1.54) is 32.1 Å². The fourth-order valence-electron chi connectivity index (χ4n) is 4.20. The first-order valence-electron chi connectivity index (χ1n) is 8.30. The van der Waals surface area contributed by atoms with E-state index in [0.717, 1.165) is 32.2 Å². The van der Waals surface area contributed by atoms with Gasteiger partial charge in [-0.05, 0) is 31.6 Å². The van der Waals surface area contributed by atoms with Crippen molar-refractivity contribution in [3.63, 3.8) is 0 Å². The molecular formula is C16H26N2O2. The molecule has 4 heteroatoms. The molecule has 3 rings (SSSR count). The standard InChI is InChI=1S/C16H26N2O2/c19-14-8-11-18(12-13-6-2-1-3-7-13)15(20)16(17-14)9-4-5-10-16/h13H,1-12H2,(H,17,19). The summed E-state index contributed by atoms with van der Waals surface area (Å²) in [5.74, 6) is 0.914. The molecule has 3 fully saturated rings. The van der Waals surface area contributed by atoms with Crippen molar-refractivity contribution in [2.75, 3.05) is 13.1 Å². The van der Waals surface area contributed by atoms with Crippen molar-refractivity contribution in [3.05, 3.63) is 0 Å². The lowest BCUT2D eigenvalue weighted by Gasteiger charge is -2.34. The zero-order chi connectivity index (χ0) is 14.0. The van der Waals surface area contributed by atoms with E-state index >= 15 is 0 Å². The molecule has 1 saturated heterocycles. The summed E-state index contributed by atoms with van der Waals surface area (Å²) in [7, 11) is 0. The number of nitrogens with zero attached hydrogens (tertiary/aromatic N) is 1. The summed E-state index contributed by atoms with van der Waals surface area (Å²) >= 11 is 0. The van der Waals surface area contributed by atoms with Gasteiger partial charge in [-0.3, -0.25) is 9.59 Å². The van der Waals surface area contributed by atoms with Crippen molar-refractivity contribution in [2.24, 2.45) is 5.92 Å². The Bertz CT molecular complexity index is 382. The molecular weight excluding hydrogens is 252 g/mol. The molecule has 3 aliphatic rings. The Hall–Kier alpha value is -1.06. The van der Waals surface area contributed by atoms with Crippen LogP contribution in [0.1, 0.15) is 64.2 Å². The van der Waals surface area contributed by atoms with Crippen molar-refractivity contribution in [3.8, 4) is 0 Å². The quantitative estimate of drug-likeness (QED) is 0.842. The van der Waals surface area contributed by atoms with E-state index in [1.54, 1.807) is 0 Å². The van der Waals surface area contributed by atoms with E-state index in [0.29, 0.717) is 18.9 Å². The molecule has 1 heterocycles. The summed E-state index contributed by atoms with van der Waals surface area (Å²) < 4.78 is 0. The van der Waals surface area contributed by atoms with Gasteiger partial charge in [0.15, 0.2) is 0 Å². The van der Waals surface area contributed by atoms with Crippen molar-refractivity contribution in [1.82, 2.24) is 10.2 Å². The van der Waals surface area contributed by atoms with Crippen LogP contribution in [-0.4, -0.2) is 35.3 Å². The Kier molecular flexibility index (Phi) is 3.99. The van der Waals surface area contributed by atoms with E-state index in [9.17, 15) is 9.59 Å². The summed E-state index contributed by atoms with van der Waals surface area (Å²) in [6, 6.07) is 0. The molecule has 1 spiro atoms. The van der Waals surface area contributed by atoms with E-state index < -0.39 is 5.54 Å². The van der Waals surface area contributed by atoms with Crippen LogP contribution in [0.15, 0.2) is 0 Å². The third-order valence-corrected chi connectivity index (χ3v) is 5.34.